The molecule has 0 atom stereocenters. The second kappa shape index (κ2) is 2.44. The summed E-state index contributed by atoms with van der Waals surface area (Å²) in [6.07, 6.45) is -0.137. The van der Waals surface area contributed by atoms with Crippen LogP contribution in [0.5, 0.6) is 0 Å². The summed E-state index contributed by atoms with van der Waals surface area (Å²) in [6, 6.07) is 0. The lowest BCUT2D eigenvalue weighted by atomic mass is 10.2. The zero-order valence-electron chi connectivity index (χ0n) is 4.75. The third-order valence-corrected chi connectivity index (χ3v) is 1.35. The molecule has 48 valence electrons. The Morgan fingerprint density at radius 1 is 1.50 bits per heavy atom. The molecule has 1 aliphatic heterocycles. The summed E-state index contributed by atoms with van der Waals surface area (Å²) in [5, 5.41) is 17.1. The maximum absolute atomic E-state index is 8.72. The summed E-state index contributed by atoms with van der Waals surface area (Å²) in [4.78, 5) is 2.00. The van der Waals surface area contributed by atoms with E-state index in [0.717, 1.165) is 13.1 Å². The number of hydrogen-bond acceptors (Lipinski definition) is 3. The summed E-state index contributed by atoms with van der Waals surface area (Å²) >= 11 is 0. The highest BCUT2D eigenvalue weighted by atomic mass is 16.3. The van der Waals surface area contributed by atoms with Gasteiger partial charge in [-0.25, -0.2) is 0 Å². The van der Waals surface area contributed by atoms with Gasteiger partial charge in [-0.3, -0.25) is 4.90 Å². The van der Waals surface area contributed by atoms with Crippen molar-refractivity contribution >= 4 is 0 Å². The van der Waals surface area contributed by atoms with Crippen LogP contribution in [-0.4, -0.2) is 47.5 Å². The topological polar surface area (TPSA) is 43.7 Å². The largest absolute Gasteiger partial charge is 0.395 e. The zero-order chi connectivity index (χ0) is 5.98. The Morgan fingerprint density at radius 3 is 2.50 bits per heavy atom. The molecule has 0 amide bonds. The van der Waals surface area contributed by atoms with Gasteiger partial charge in [-0.2, -0.15) is 0 Å². The van der Waals surface area contributed by atoms with Crippen LogP contribution in [-0.2, 0) is 0 Å². The number of aliphatic hydroxyl groups excluding tert-OH is 2. The SMILES string of the molecule is OCCN1CC(O)C1. The van der Waals surface area contributed by atoms with Crippen molar-refractivity contribution in [1.82, 2.24) is 4.90 Å². The molecule has 1 aliphatic rings. The van der Waals surface area contributed by atoms with Gasteiger partial charge in [-0.15, -0.1) is 0 Å². The molecule has 0 aromatic heterocycles. The quantitative estimate of drug-likeness (QED) is 0.470. The fourth-order valence-electron chi connectivity index (χ4n) is 0.867. The van der Waals surface area contributed by atoms with Gasteiger partial charge in [0.15, 0.2) is 0 Å². The van der Waals surface area contributed by atoms with Gasteiger partial charge in [-0.05, 0) is 0 Å². The van der Waals surface area contributed by atoms with Crippen LogP contribution in [0.1, 0.15) is 0 Å². The van der Waals surface area contributed by atoms with Gasteiger partial charge in [0.2, 0.25) is 0 Å². The third-order valence-electron chi connectivity index (χ3n) is 1.35. The number of aliphatic hydroxyl groups is 2. The van der Waals surface area contributed by atoms with E-state index in [1.165, 1.54) is 0 Å². The van der Waals surface area contributed by atoms with Crippen molar-refractivity contribution in [3.8, 4) is 0 Å². The molecule has 0 spiro atoms. The van der Waals surface area contributed by atoms with Gasteiger partial charge >= 0.3 is 0 Å². The molecule has 0 aromatic carbocycles. The number of β-amino-alcohol motifs (C(OH)–C–C–N with tert-alkyl or cyclic N) is 2. The van der Waals surface area contributed by atoms with E-state index in [4.69, 9.17) is 10.2 Å². The van der Waals surface area contributed by atoms with Crippen LogP contribution in [0.15, 0.2) is 0 Å². The Balaban J connectivity index is 1.98. The molecule has 8 heavy (non-hydrogen) atoms. The minimum Gasteiger partial charge on any atom is -0.395 e. The van der Waals surface area contributed by atoms with E-state index < -0.39 is 0 Å². The molecule has 0 bridgehead atoms. The Labute approximate surface area is 48.5 Å². The van der Waals surface area contributed by atoms with Crippen LogP contribution in [0.2, 0.25) is 0 Å². The normalized spacial score (nSPS) is 23.2. The van der Waals surface area contributed by atoms with Crippen molar-refractivity contribution in [2.45, 2.75) is 6.10 Å². The first-order chi connectivity index (χ1) is 3.83. The van der Waals surface area contributed by atoms with Crippen LogP contribution in [0.3, 0.4) is 0 Å². The summed E-state index contributed by atoms with van der Waals surface area (Å²) in [7, 11) is 0. The Kier molecular flexibility index (Phi) is 1.83. The molecule has 1 rings (SSSR count). The molecule has 2 N–H and O–H groups in total. The highest BCUT2D eigenvalue weighted by Gasteiger charge is 2.22. The summed E-state index contributed by atoms with van der Waals surface area (Å²) < 4.78 is 0. The van der Waals surface area contributed by atoms with Crippen LogP contribution in [0.4, 0.5) is 0 Å². The van der Waals surface area contributed by atoms with Crippen molar-refractivity contribution in [1.29, 1.82) is 0 Å². The highest BCUT2D eigenvalue weighted by molar-refractivity contribution is 4.77. The van der Waals surface area contributed by atoms with E-state index in [1.807, 2.05) is 4.90 Å². The van der Waals surface area contributed by atoms with Crippen molar-refractivity contribution < 1.29 is 10.2 Å². The van der Waals surface area contributed by atoms with E-state index >= 15 is 0 Å². The molecule has 0 unspecified atom stereocenters. The van der Waals surface area contributed by atoms with E-state index in [9.17, 15) is 0 Å². The van der Waals surface area contributed by atoms with Gasteiger partial charge in [0.05, 0.1) is 12.7 Å². The molecule has 1 saturated heterocycles. The van der Waals surface area contributed by atoms with E-state index in [0.29, 0.717) is 6.54 Å². The lowest BCUT2D eigenvalue weighted by Gasteiger charge is -2.35. The Morgan fingerprint density at radius 2 is 2.12 bits per heavy atom. The Bertz CT molecular complexity index is 68.1. The fourth-order valence-corrected chi connectivity index (χ4v) is 0.867. The van der Waals surface area contributed by atoms with Crippen molar-refractivity contribution in [2.75, 3.05) is 26.2 Å². The van der Waals surface area contributed by atoms with Gasteiger partial charge in [0.1, 0.15) is 0 Å². The number of hydrogen-bond donors (Lipinski definition) is 2. The average Bonchev–Trinajstić information content (AvgIpc) is 1.64. The van der Waals surface area contributed by atoms with E-state index in [1.54, 1.807) is 0 Å². The minimum absolute atomic E-state index is 0.137. The molecule has 0 radical (unpaired) electrons. The lowest BCUT2D eigenvalue weighted by molar-refractivity contribution is -0.00562. The smallest absolute Gasteiger partial charge is 0.0793 e. The summed E-state index contributed by atoms with van der Waals surface area (Å²) in [5.41, 5.74) is 0. The molecule has 0 saturated carbocycles. The second-order valence-electron chi connectivity index (χ2n) is 2.14. The fraction of sp³-hybridized carbons (Fsp3) is 1.00. The highest BCUT2D eigenvalue weighted by Crippen LogP contribution is 2.04. The van der Waals surface area contributed by atoms with Crippen molar-refractivity contribution in [2.24, 2.45) is 0 Å². The van der Waals surface area contributed by atoms with Crippen molar-refractivity contribution in [3.63, 3.8) is 0 Å². The molecule has 3 heteroatoms. The van der Waals surface area contributed by atoms with Crippen LogP contribution in [0, 0.1) is 0 Å². The monoisotopic (exact) mass is 117 g/mol. The predicted molar refractivity (Wildman–Crippen MR) is 29.5 cm³/mol. The van der Waals surface area contributed by atoms with Crippen LogP contribution >= 0.6 is 0 Å². The third kappa shape index (κ3) is 1.18. The predicted octanol–water partition coefficient (Wildman–Crippen LogP) is -1.34. The summed E-state index contributed by atoms with van der Waals surface area (Å²) in [6.45, 7) is 2.38. The van der Waals surface area contributed by atoms with Crippen LogP contribution < -0.4 is 0 Å². The second-order valence-corrected chi connectivity index (χ2v) is 2.14. The van der Waals surface area contributed by atoms with E-state index in [-0.39, 0.29) is 12.7 Å². The molecule has 3 nitrogen and oxygen atoms in total. The molecule has 0 aliphatic carbocycles. The summed E-state index contributed by atoms with van der Waals surface area (Å²) in [5.74, 6) is 0. The maximum atomic E-state index is 8.72. The van der Waals surface area contributed by atoms with Gasteiger partial charge < -0.3 is 10.2 Å². The number of likely N-dealkylation sites (tertiary alicyclic amines) is 1. The molecular weight excluding hydrogens is 106 g/mol. The van der Waals surface area contributed by atoms with E-state index in [2.05, 4.69) is 0 Å². The first-order valence-electron chi connectivity index (χ1n) is 2.84. The van der Waals surface area contributed by atoms with Gasteiger partial charge in [0, 0.05) is 19.6 Å². The Hall–Kier alpha value is -0.120. The molecule has 1 fully saturated rings. The maximum Gasteiger partial charge on any atom is 0.0793 e. The van der Waals surface area contributed by atoms with Crippen molar-refractivity contribution in [3.05, 3.63) is 0 Å². The number of nitrogens with zero attached hydrogens (tertiary/aromatic N) is 1. The molecule has 0 aromatic rings. The number of rotatable bonds is 2. The lowest BCUT2D eigenvalue weighted by Crippen LogP contribution is -2.51. The average molecular weight is 117 g/mol. The van der Waals surface area contributed by atoms with Gasteiger partial charge in [0.25, 0.3) is 0 Å². The van der Waals surface area contributed by atoms with Gasteiger partial charge in [-0.1, -0.05) is 0 Å². The molecular formula is C5H11NO2. The first kappa shape index (κ1) is 6.01. The standard InChI is InChI=1S/C5H11NO2/c7-2-1-6-3-5(8)4-6/h5,7-8H,1-4H2. The van der Waals surface area contributed by atoms with Crippen LogP contribution in [0.25, 0.3) is 0 Å². The zero-order valence-corrected chi connectivity index (χ0v) is 4.75. The molecule has 1 heterocycles. The minimum atomic E-state index is -0.137. The first-order valence-corrected chi connectivity index (χ1v) is 2.84.